The Morgan fingerprint density at radius 1 is 1.54 bits per heavy atom. The van der Waals surface area contributed by atoms with E-state index in [1.54, 1.807) is 6.07 Å². The molecule has 0 N–H and O–H groups in total. The van der Waals surface area contributed by atoms with Crippen LogP contribution in [-0.4, -0.2) is 0 Å². The summed E-state index contributed by atoms with van der Waals surface area (Å²) >= 11 is 0. The van der Waals surface area contributed by atoms with Crippen molar-refractivity contribution in [1.82, 2.24) is 0 Å². The Labute approximate surface area is 75.8 Å². The van der Waals surface area contributed by atoms with Gasteiger partial charge in [-0.05, 0) is 29.6 Å². The second-order valence-corrected chi connectivity index (χ2v) is 2.73. The molecular weight excluding hydrogens is 169 g/mol. The van der Waals surface area contributed by atoms with E-state index in [9.17, 15) is 4.39 Å². The van der Waals surface area contributed by atoms with Gasteiger partial charge in [-0.15, -0.1) is 0 Å². The summed E-state index contributed by atoms with van der Waals surface area (Å²) in [5.74, 6) is -0.455. The molecule has 0 spiro atoms. The largest absolute Gasteiger partial charge is 0.206 e. The lowest BCUT2D eigenvalue weighted by Gasteiger charge is -1.99. The number of halogens is 1. The highest BCUT2D eigenvalue weighted by Crippen LogP contribution is 2.19. The molecule has 3 nitrogen and oxygen atoms in total. The lowest BCUT2D eigenvalue weighted by Crippen LogP contribution is -1.84. The smallest absolute Gasteiger partial charge is 0.133 e. The van der Waals surface area contributed by atoms with Gasteiger partial charge in [0.15, 0.2) is 0 Å². The van der Waals surface area contributed by atoms with Gasteiger partial charge in [-0.1, -0.05) is 24.5 Å². The van der Waals surface area contributed by atoms with Gasteiger partial charge in [0.1, 0.15) is 5.82 Å². The average molecular weight is 179 g/mol. The van der Waals surface area contributed by atoms with Crippen LogP contribution in [-0.2, 0) is 6.42 Å². The summed E-state index contributed by atoms with van der Waals surface area (Å²) in [6.07, 6.45) is 1.81. The predicted molar refractivity (Wildman–Crippen MR) is 49.2 cm³/mol. The quantitative estimate of drug-likeness (QED) is 0.385. The van der Waals surface area contributed by atoms with Crippen molar-refractivity contribution in [2.24, 2.45) is 5.11 Å². The molecular formula is C9H10FN3. The number of hydrogen-bond donors (Lipinski definition) is 0. The van der Waals surface area contributed by atoms with Gasteiger partial charge in [-0.2, -0.15) is 0 Å². The van der Waals surface area contributed by atoms with Crippen LogP contribution in [0.1, 0.15) is 18.9 Å². The van der Waals surface area contributed by atoms with Crippen LogP contribution in [0.25, 0.3) is 10.4 Å². The van der Waals surface area contributed by atoms with Crippen molar-refractivity contribution in [3.05, 3.63) is 40.0 Å². The maximum Gasteiger partial charge on any atom is 0.133 e. The van der Waals surface area contributed by atoms with E-state index in [-0.39, 0.29) is 5.69 Å². The van der Waals surface area contributed by atoms with Crippen molar-refractivity contribution in [2.75, 3.05) is 0 Å². The van der Waals surface area contributed by atoms with Crippen LogP contribution >= 0.6 is 0 Å². The highest BCUT2D eigenvalue weighted by Gasteiger charge is 2.00. The summed E-state index contributed by atoms with van der Waals surface area (Å²) in [6, 6.07) is 4.68. The molecule has 0 aromatic heterocycles. The molecule has 0 unspecified atom stereocenters. The van der Waals surface area contributed by atoms with Gasteiger partial charge in [0.05, 0.1) is 5.69 Å². The molecule has 0 atom stereocenters. The Morgan fingerprint density at radius 2 is 2.31 bits per heavy atom. The topological polar surface area (TPSA) is 48.8 Å². The summed E-state index contributed by atoms with van der Waals surface area (Å²) in [5.41, 5.74) is 9.09. The van der Waals surface area contributed by atoms with Crippen LogP contribution in [0.3, 0.4) is 0 Å². The molecule has 0 aliphatic carbocycles. The lowest BCUT2D eigenvalue weighted by atomic mass is 10.1. The molecule has 0 amide bonds. The van der Waals surface area contributed by atoms with Crippen LogP contribution in [0.4, 0.5) is 10.1 Å². The van der Waals surface area contributed by atoms with Gasteiger partial charge in [0, 0.05) is 4.91 Å². The molecule has 13 heavy (non-hydrogen) atoms. The van der Waals surface area contributed by atoms with Crippen LogP contribution in [0.2, 0.25) is 0 Å². The lowest BCUT2D eigenvalue weighted by molar-refractivity contribution is 0.627. The van der Waals surface area contributed by atoms with E-state index in [1.807, 2.05) is 6.92 Å². The van der Waals surface area contributed by atoms with Crippen LogP contribution in [0.5, 0.6) is 0 Å². The molecule has 0 saturated heterocycles. The number of azide groups is 1. The van der Waals surface area contributed by atoms with Crippen molar-refractivity contribution in [3.63, 3.8) is 0 Å². The van der Waals surface area contributed by atoms with Crippen molar-refractivity contribution >= 4 is 5.69 Å². The zero-order chi connectivity index (χ0) is 9.68. The SMILES string of the molecule is CCCc1ccc(N=[N+]=[N-])c(F)c1. The minimum atomic E-state index is -0.455. The van der Waals surface area contributed by atoms with E-state index in [1.165, 1.54) is 12.1 Å². The highest BCUT2D eigenvalue weighted by atomic mass is 19.1. The molecule has 0 radical (unpaired) electrons. The van der Waals surface area contributed by atoms with Crippen LogP contribution in [0, 0.1) is 5.82 Å². The Morgan fingerprint density at radius 3 is 2.85 bits per heavy atom. The third kappa shape index (κ3) is 2.46. The zero-order valence-corrected chi connectivity index (χ0v) is 7.37. The molecule has 0 bridgehead atoms. The van der Waals surface area contributed by atoms with E-state index in [0.717, 1.165) is 18.4 Å². The van der Waals surface area contributed by atoms with Crippen molar-refractivity contribution in [2.45, 2.75) is 19.8 Å². The monoisotopic (exact) mass is 179 g/mol. The first-order chi connectivity index (χ1) is 6.27. The van der Waals surface area contributed by atoms with Gasteiger partial charge in [0.2, 0.25) is 0 Å². The summed E-state index contributed by atoms with van der Waals surface area (Å²) in [7, 11) is 0. The van der Waals surface area contributed by atoms with Crippen molar-refractivity contribution < 1.29 is 4.39 Å². The van der Waals surface area contributed by atoms with Crippen molar-refractivity contribution in [3.8, 4) is 0 Å². The first-order valence-electron chi connectivity index (χ1n) is 4.11. The van der Waals surface area contributed by atoms with Crippen molar-refractivity contribution in [1.29, 1.82) is 0 Å². The maximum atomic E-state index is 13.1. The Kier molecular flexibility index (Phi) is 3.29. The number of aryl methyl sites for hydroxylation is 1. The number of nitrogens with zero attached hydrogens (tertiary/aromatic N) is 3. The summed E-state index contributed by atoms with van der Waals surface area (Å²) < 4.78 is 13.1. The van der Waals surface area contributed by atoms with Gasteiger partial charge in [0.25, 0.3) is 0 Å². The van der Waals surface area contributed by atoms with Gasteiger partial charge >= 0.3 is 0 Å². The summed E-state index contributed by atoms with van der Waals surface area (Å²) in [5, 5.41) is 3.21. The highest BCUT2D eigenvalue weighted by molar-refractivity contribution is 5.40. The molecule has 0 aliphatic heterocycles. The first-order valence-corrected chi connectivity index (χ1v) is 4.11. The molecule has 0 fully saturated rings. The normalized spacial score (nSPS) is 9.38. The number of hydrogen-bond acceptors (Lipinski definition) is 1. The maximum absolute atomic E-state index is 13.1. The summed E-state index contributed by atoms with van der Waals surface area (Å²) in [4.78, 5) is 2.53. The minimum absolute atomic E-state index is 0.0577. The Bertz CT molecular complexity index is 343. The Hall–Kier alpha value is -1.54. The number of rotatable bonds is 3. The fourth-order valence-corrected chi connectivity index (χ4v) is 1.12. The first kappa shape index (κ1) is 9.55. The third-order valence-electron chi connectivity index (χ3n) is 1.70. The molecule has 4 heteroatoms. The van der Waals surface area contributed by atoms with Gasteiger partial charge in [-0.25, -0.2) is 4.39 Å². The molecule has 0 aliphatic rings. The molecule has 0 saturated carbocycles. The minimum Gasteiger partial charge on any atom is -0.206 e. The van der Waals surface area contributed by atoms with E-state index < -0.39 is 5.82 Å². The molecule has 1 aromatic carbocycles. The average Bonchev–Trinajstić information content (AvgIpc) is 2.10. The van der Waals surface area contributed by atoms with E-state index in [4.69, 9.17) is 5.53 Å². The third-order valence-corrected chi connectivity index (χ3v) is 1.70. The molecule has 0 heterocycles. The van der Waals surface area contributed by atoms with E-state index in [0.29, 0.717) is 0 Å². The van der Waals surface area contributed by atoms with Crippen LogP contribution < -0.4 is 0 Å². The molecule has 1 aromatic rings. The standard InChI is InChI=1S/C9H10FN3/c1-2-3-7-4-5-9(12-13-11)8(10)6-7/h4-6H,2-3H2,1H3. The Balaban J connectivity index is 2.98. The molecule has 1 rings (SSSR count). The van der Waals surface area contributed by atoms with Gasteiger partial charge in [-0.3, -0.25) is 0 Å². The fourth-order valence-electron chi connectivity index (χ4n) is 1.12. The van der Waals surface area contributed by atoms with E-state index >= 15 is 0 Å². The van der Waals surface area contributed by atoms with Gasteiger partial charge < -0.3 is 0 Å². The zero-order valence-electron chi connectivity index (χ0n) is 7.37. The fraction of sp³-hybridized carbons (Fsp3) is 0.333. The molecule has 68 valence electrons. The predicted octanol–water partition coefficient (Wildman–Crippen LogP) is 3.72. The number of benzene rings is 1. The summed E-state index contributed by atoms with van der Waals surface area (Å²) in [6.45, 7) is 2.03. The van der Waals surface area contributed by atoms with Crippen LogP contribution in [0.15, 0.2) is 23.3 Å². The van der Waals surface area contributed by atoms with E-state index in [2.05, 4.69) is 10.0 Å². The second kappa shape index (κ2) is 4.48. The second-order valence-electron chi connectivity index (χ2n) is 2.73.